The van der Waals surface area contributed by atoms with Gasteiger partial charge in [0.05, 0.1) is 5.54 Å². The van der Waals surface area contributed by atoms with Gasteiger partial charge in [-0.3, -0.25) is 4.79 Å². The summed E-state index contributed by atoms with van der Waals surface area (Å²) in [5.41, 5.74) is -0.264. The smallest absolute Gasteiger partial charge is 0.240 e. The van der Waals surface area contributed by atoms with E-state index in [-0.39, 0.29) is 23.9 Å². The third kappa shape index (κ3) is 4.09. The molecule has 3 unspecified atom stereocenters. The second-order valence-electron chi connectivity index (χ2n) is 6.31. The summed E-state index contributed by atoms with van der Waals surface area (Å²) in [6.45, 7) is 6.31. The second-order valence-corrected chi connectivity index (χ2v) is 6.31. The van der Waals surface area contributed by atoms with E-state index >= 15 is 0 Å². The molecule has 0 aromatic carbocycles. The lowest BCUT2D eigenvalue weighted by Gasteiger charge is -2.30. The van der Waals surface area contributed by atoms with Gasteiger partial charge >= 0.3 is 0 Å². The third-order valence-electron chi connectivity index (χ3n) is 4.88. The van der Waals surface area contributed by atoms with Gasteiger partial charge in [0, 0.05) is 6.54 Å². The lowest BCUT2D eigenvalue weighted by Crippen LogP contribution is -2.53. The second kappa shape index (κ2) is 7.49. The molecule has 1 heterocycles. The number of amides is 1. The molecular formula is C15H29ClN2O. The predicted molar refractivity (Wildman–Crippen MR) is 81.6 cm³/mol. The third-order valence-corrected chi connectivity index (χ3v) is 4.88. The Labute approximate surface area is 123 Å². The zero-order valence-corrected chi connectivity index (χ0v) is 13.2. The highest BCUT2D eigenvalue weighted by Crippen LogP contribution is 2.28. The Morgan fingerprint density at radius 2 is 2.16 bits per heavy atom. The fraction of sp³-hybridized carbons (Fsp3) is 0.933. The Bertz CT molecular complexity index is 290. The summed E-state index contributed by atoms with van der Waals surface area (Å²) < 4.78 is 0. The normalized spacial score (nSPS) is 34.6. The number of hydrogen-bond donors (Lipinski definition) is 2. The van der Waals surface area contributed by atoms with Gasteiger partial charge < -0.3 is 10.6 Å². The van der Waals surface area contributed by atoms with Crippen molar-refractivity contribution in [1.82, 2.24) is 10.6 Å². The average Bonchev–Trinajstić information content (AvgIpc) is 2.86. The quantitative estimate of drug-likeness (QED) is 0.835. The number of rotatable bonds is 4. The topological polar surface area (TPSA) is 41.1 Å². The first kappa shape index (κ1) is 16.8. The Kier molecular flexibility index (Phi) is 6.61. The van der Waals surface area contributed by atoms with Crippen LogP contribution in [0.25, 0.3) is 0 Å². The molecule has 0 radical (unpaired) electrons. The van der Waals surface area contributed by atoms with E-state index in [0.717, 1.165) is 38.3 Å². The highest BCUT2D eigenvalue weighted by molar-refractivity contribution is 5.86. The van der Waals surface area contributed by atoms with Crippen LogP contribution in [0.4, 0.5) is 0 Å². The van der Waals surface area contributed by atoms with Crippen LogP contribution in [0, 0.1) is 11.8 Å². The number of hydrogen-bond acceptors (Lipinski definition) is 2. The van der Waals surface area contributed by atoms with E-state index < -0.39 is 0 Å². The van der Waals surface area contributed by atoms with Crippen LogP contribution in [0.5, 0.6) is 0 Å². The van der Waals surface area contributed by atoms with Crippen LogP contribution in [-0.2, 0) is 4.79 Å². The molecule has 1 saturated carbocycles. The van der Waals surface area contributed by atoms with Gasteiger partial charge in [-0.25, -0.2) is 0 Å². The highest BCUT2D eigenvalue weighted by Gasteiger charge is 2.39. The van der Waals surface area contributed by atoms with E-state index in [9.17, 15) is 4.79 Å². The molecule has 1 aliphatic heterocycles. The molecule has 1 amide bonds. The van der Waals surface area contributed by atoms with E-state index in [4.69, 9.17) is 0 Å². The van der Waals surface area contributed by atoms with Crippen LogP contribution < -0.4 is 10.6 Å². The minimum absolute atomic E-state index is 0. The van der Waals surface area contributed by atoms with Crippen molar-refractivity contribution >= 4 is 18.3 Å². The maximum absolute atomic E-state index is 12.3. The van der Waals surface area contributed by atoms with Crippen molar-refractivity contribution in [1.29, 1.82) is 0 Å². The van der Waals surface area contributed by atoms with Crippen molar-refractivity contribution in [2.45, 2.75) is 64.3 Å². The standard InChI is InChI=1S/C15H28N2O.ClH/c1-3-15(8-5-9-17-15)14(18)16-11-13-7-4-6-12(2)10-13;/h12-13,17H,3-11H2,1-2H3,(H,16,18);1H. The Morgan fingerprint density at radius 1 is 1.37 bits per heavy atom. The van der Waals surface area contributed by atoms with E-state index in [1.54, 1.807) is 0 Å². The zero-order valence-electron chi connectivity index (χ0n) is 12.3. The van der Waals surface area contributed by atoms with Crippen molar-refractivity contribution in [3.05, 3.63) is 0 Å². The molecule has 0 aromatic rings. The molecule has 2 rings (SSSR count). The molecule has 2 aliphatic rings. The first-order valence-corrected chi connectivity index (χ1v) is 7.69. The van der Waals surface area contributed by atoms with Crippen molar-refractivity contribution < 1.29 is 4.79 Å². The summed E-state index contributed by atoms with van der Waals surface area (Å²) in [4.78, 5) is 12.3. The first-order chi connectivity index (χ1) is 8.66. The van der Waals surface area contributed by atoms with Crippen LogP contribution in [0.15, 0.2) is 0 Å². The molecule has 0 bridgehead atoms. The molecule has 112 valence electrons. The summed E-state index contributed by atoms with van der Waals surface area (Å²) in [7, 11) is 0. The lowest BCUT2D eigenvalue weighted by molar-refractivity contribution is -0.127. The van der Waals surface area contributed by atoms with Crippen LogP contribution in [-0.4, -0.2) is 24.5 Å². The first-order valence-electron chi connectivity index (χ1n) is 7.69. The molecule has 3 nitrogen and oxygen atoms in total. The molecule has 1 saturated heterocycles. The Morgan fingerprint density at radius 3 is 2.74 bits per heavy atom. The number of halogens is 1. The molecule has 3 atom stereocenters. The van der Waals surface area contributed by atoms with Crippen molar-refractivity contribution in [2.24, 2.45) is 11.8 Å². The van der Waals surface area contributed by atoms with Crippen molar-refractivity contribution in [3.8, 4) is 0 Å². The number of carbonyl (C=O) groups is 1. The fourth-order valence-corrected chi connectivity index (χ4v) is 3.61. The van der Waals surface area contributed by atoms with Gasteiger partial charge in [-0.05, 0) is 50.5 Å². The summed E-state index contributed by atoms with van der Waals surface area (Å²) in [5, 5.41) is 6.61. The van der Waals surface area contributed by atoms with Crippen LogP contribution in [0.3, 0.4) is 0 Å². The molecule has 4 heteroatoms. The highest BCUT2D eigenvalue weighted by atomic mass is 35.5. The summed E-state index contributed by atoms with van der Waals surface area (Å²) in [6.07, 6.45) is 8.30. The molecule has 1 aliphatic carbocycles. The van der Waals surface area contributed by atoms with Gasteiger partial charge in [-0.15, -0.1) is 12.4 Å². The maximum atomic E-state index is 12.3. The molecule has 2 fully saturated rings. The van der Waals surface area contributed by atoms with Crippen LogP contribution in [0.1, 0.15) is 58.8 Å². The van der Waals surface area contributed by atoms with Gasteiger partial charge in [0.1, 0.15) is 0 Å². The molecule has 19 heavy (non-hydrogen) atoms. The van der Waals surface area contributed by atoms with Gasteiger partial charge in [-0.2, -0.15) is 0 Å². The molecule has 0 spiro atoms. The monoisotopic (exact) mass is 288 g/mol. The number of nitrogens with one attached hydrogen (secondary N) is 2. The summed E-state index contributed by atoms with van der Waals surface area (Å²) in [6, 6.07) is 0. The Balaban J connectivity index is 0.00000180. The average molecular weight is 289 g/mol. The van der Waals surface area contributed by atoms with Crippen LogP contribution in [0.2, 0.25) is 0 Å². The minimum atomic E-state index is -0.264. The summed E-state index contributed by atoms with van der Waals surface area (Å²) >= 11 is 0. The van der Waals surface area contributed by atoms with Gasteiger partial charge in [0.25, 0.3) is 0 Å². The van der Waals surface area contributed by atoms with Gasteiger partial charge in [-0.1, -0.05) is 26.7 Å². The van der Waals surface area contributed by atoms with E-state index in [2.05, 4.69) is 24.5 Å². The predicted octanol–water partition coefficient (Wildman–Crippen LogP) is 2.88. The van der Waals surface area contributed by atoms with E-state index in [0.29, 0.717) is 5.92 Å². The van der Waals surface area contributed by atoms with Gasteiger partial charge in [0.15, 0.2) is 0 Å². The van der Waals surface area contributed by atoms with Crippen LogP contribution >= 0.6 is 12.4 Å². The zero-order chi connectivity index (χ0) is 13.0. The Hall–Kier alpha value is -0.280. The van der Waals surface area contributed by atoms with Crippen molar-refractivity contribution in [3.63, 3.8) is 0 Å². The van der Waals surface area contributed by atoms with E-state index in [1.807, 2.05) is 0 Å². The van der Waals surface area contributed by atoms with Crippen molar-refractivity contribution in [2.75, 3.05) is 13.1 Å². The fourth-order valence-electron chi connectivity index (χ4n) is 3.61. The molecular weight excluding hydrogens is 260 g/mol. The number of carbonyl (C=O) groups excluding carboxylic acids is 1. The maximum Gasteiger partial charge on any atom is 0.240 e. The van der Waals surface area contributed by atoms with Gasteiger partial charge in [0.2, 0.25) is 5.91 Å². The molecule has 2 N–H and O–H groups in total. The molecule has 0 aromatic heterocycles. The lowest BCUT2D eigenvalue weighted by atomic mass is 9.82. The SMILES string of the molecule is CCC1(C(=O)NCC2CCCC(C)C2)CCCN1.Cl. The van der Waals surface area contributed by atoms with E-state index in [1.165, 1.54) is 25.7 Å². The largest absolute Gasteiger partial charge is 0.354 e. The minimum Gasteiger partial charge on any atom is -0.354 e. The summed E-state index contributed by atoms with van der Waals surface area (Å²) in [5.74, 6) is 1.78.